The summed E-state index contributed by atoms with van der Waals surface area (Å²) in [6.07, 6.45) is 3.76. The Balaban J connectivity index is 1.73. The first kappa shape index (κ1) is 17.5. The number of benzene rings is 2. The lowest BCUT2D eigenvalue weighted by atomic mass is 10.1. The summed E-state index contributed by atoms with van der Waals surface area (Å²) in [5, 5.41) is 5.83. The van der Waals surface area contributed by atoms with E-state index in [1.54, 1.807) is 6.07 Å². The molecule has 2 N–H and O–H groups in total. The van der Waals surface area contributed by atoms with Crippen LogP contribution in [0.3, 0.4) is 0 Å². The molecule has 0 radical (unpaired) electrons. The lowest BCUT2D eigenvalue weighted by Crippen LogP contribution is -2.13. The Hall–Kier alpha value is -3.28. The Kier molecular flexibility index (Phi) is 5.22. The second-order valence-electron chi connectivity index (χ2n) is 5.85. The number of amides is 1. The Labute approximate surface area is 151 Å². The molecule has 6 heteroatoms. The van der Waals surface area contributed by atoms with Gasteiger partial charge in [-0.05, 0) is 42.7 Å². The van der Waals surface area contributed by atoms with Gasteiger partial charge in [0.2, 0.25) is 5.95 Å². The number of carbonyl (C=O) groups is 1. The van der Waals surface area contributed by atoms with Crippen LogP contribution in [0.5, 0.6) is 0 Å². The van der Waals surface area contributed by atoms with Crippen LogP contribution < -0.4 is 10.6 Å². The molecule has 0 aliphatic carbocycles. The highest BCUT2D eigenvalue weighted by Gasteiger charge is 2.10. The van der Waals surface area contributed by atoms with Crippen LogP contribution in [0.4, 0.5) is 21.7 Å². The molecular weight excluding hydrogens is 331 g/mol. The minimum atomic E-state index is -0.413. The molecule has 0 bridgehead atoms. The minimum absolute atomic E-state index is 0.292. The van der Waals surface area contributed by atoms with Crippen molar-refractivity contribution in [3.63, 3.8) is 0 Å². The molecule has 1 aromatic heterocycles. The Bertz CT molecular complexity index is 925. The first-order chi connectivity index (χ1) is 12.6. The number of hydrogen-bond acceptors (Lipinski definition) is 4. The van der Waals surface area contributed by atoms with Crippen LogP contribution >= 0.6 is 0 Å². The molecule has 2 aromatic carbocycles. The van der Waals surface area contributed by atoms with E-state index in [0.717, 1.165) is 17.7 Å². The molecule has 0 saturated carbocycles. The van der Waals surface area contributed by atoms with Crippen molar-refractivity contribution in [2.24, 2.45) is 0 Å². The maximum atomic E-state index is 13.2. The van der Waals surface area contributed by atoms with Crippen molar-refractivity contribution in [3.05, 3.63) is 77.4 Å². The zero-order valence-corrected chi connectivity index (χ0v) is 14.6. The predicted molar refractivity (Wildman–Crippen MR) is 100 cm³/mol. The third-order valence-electron chi connectivity index (χ3n) is 3.97. The zero-order chi connectivity index (χ0) is 18.5. The number of nitrogens with one attached hydrogen (secondary N) is 2. The molecule has 0 saturated heterocycles. The molecule has 5 nitrogen and oxygen atoms in total. The van der Waals surface area contributed by atoms with Gasteiger partial charge in [0.05, 0.1) is 5.56 Å². The molecule has 0 spiro atoms. The van der Waals surface area contributed by atoms with Gasteiger partial charge < -0.3 is 10.6 Å². The standard InChI is InChI=1S/C20H19FN4O/c1-3-14-7-4-6-13(2)18(14)25-20-22-11-15(12-23-20)19(26)24-17-9-5-8-16(21)10-17/h4-12H,3H2,1-2H3,(H,24,26)(H,22,23,25). The van der Waals surface area contributed by atoms with Crippen LogP contribution in [0.15, 0.2) is 54.9 Å². The normalized spacial score (nSPS) is 10.4. The fourth-order valence-electron chi connectivity index (χ4n) is 2.59. The van der Waals surface area contributed by atoms with Gasteiger partial charge in [-0.2, -0.15) is 0 Å². The summed E-state index contributed by atoms with van der Waals surface area (Å²) in [4.78, 5) is 20.6. The molecule has 0 atom stereocenters. The molecule has 132 valence electrons. The highest BCUT2D eigenvalue weighted by atomic mass is 19.1. The van der Waals surface area contributed by atoms with Crippen LogP contribution in [0.1, 0.15) is 28.4 Å². The van der Waals surface area contributed by atoms with E-state index in [9.17, 15) is 9.18 Å². The van der Waals surface area contributed by atoms with E-state index in [1.165, 1.54) is 36.2 Å². The van der Waals surface area contributed by atoms with Gasteiger partial charge >= 0.3 is 0 Å². The van der Waals surface area contributed by atoms with Crippen LogP contribution in [0, 0.1) is 12.7 Å². The van der Waals surface area contributed by atoms with Gasteiger partial charge in [-0.25, -0.2) is 14.4 Å². The Morgan fingerprint density at radius 2 is 1.85 bits per heavy atom. The molecular formula is C20H19FN4O. The molecule has 0 aliphatic heterocycles. The summed E-state index contributed by atoms with van der Waals surface area (Å²) in [5.74, 6) is -0.396. The van der Waals surface area contributed by atoms with Crippen LogP contribution in [-0.4, -0.2) is 15.9 Å². The van der Waals surface area contributed by atoms with Crippen LogP contribution in [-0.2, 0) is 6.42 Å². The van der Waals surface area contributed by atoms with Gasteiger partial charge in [-0.1, -0.05) is 31.2 Å². The van der Waals surface area contributed by atoms with Gasteiger partial charge in [-0.3, -0.25) is 4.79 Å². The lowest BCUT2D eigenvalue weighted by molar-refractivity contribution is 0.102. The molecule has 1 heterocycles. The number of nitrogens with zero attached hydrogens (tertiary/aromatic N) is 2. The first-order valence-electron chi connectivity index (χ1n) is 8.31. The molecule has 0 unspecified atom stereocenters. The summed E-state index contributed by atoms with van der Waals surface area (Å²) in [6, 6.07) is 11.8. The number of carbonyl (C=O) groups excluding carboxylic acids is 1. The number of anilines is 3. The summed E-state index contributed by atoms with van der Waals surface area (Å²) in [7, 11) is 0. The second-order valence-corrected chi connectivity index (χ2v) is 5.85. The van der Waals surface area contributed by atoms with Gasteiger partial charge in [0.25, 0.3) is 5.91 Å². The van der Waals surface area contributed by atoms with Crippen molar-refractivity contribution in [1.82, 2.24) is 9.97 Å². The van der Waals surface area contributed by atoms with Crippen LogP contribution in [0.25, 0.3) is 0 Å². The summed E-state index contributed by atoms with van der Waals surface area (Å²) in [6.45, 7) is 4.10. The summed E-state index contributed by atoms with van der Waals surface area (Å²) in [5.41, 5.74) is 3.92. The van der Waals surface area contributed by atoms with E-state index >= 15 is 0 Å². The van der Waals surface area contributed by atoms with Gasteiger partial charge in [-0.15, -0.1) is 0 Å². The fourth-order valence-corrected chi connectivity index (χ4v) is 2.59. The quantitative estimate of drug-likeness (QED) is 0.712. The number of aryl methyl sites for hydroxylation is 2. The summed E-state index contributed by atoms with van der Waals surface area (Å²) >= 11 is 0. The number of hydrogen-bond donors (Lipinski definition) is 2. The molecule has 0 aliphatic rings. The van der Waals surface area contributed by atoms with Crippen molar-refractivity contribution >= 4 is 23.2 Å². The largest absolute Gasteiger partial charge is 0.324 e. The van der Waals surface area contributed by atoms with E-state index in [2.05, 4.69) is 33.6 Å². The number of para-hydroxylation sites is 1. The smallest absolute Gasteiger partial charge is 0.258 e. The predicted octanol–water partition coefficient (Wildman–Crippen LogP) is 4.48. The molecule has 26 heavy (non-hydrogen) atoms. The van der Waals surface area contributed by atoms with Crippen molar-refractivity contribution in [2.45, 2.75) is 20.3 Å². The van der Waals surface area contributed by atoms with Crippen molar-refractivity contribution in [1.29, 1.82) is 0 Å². The highest BCUT2D eigenvalue weighted by molar-refractivity contribution is 6.03. The topological polar surface area (TPSA) is 66.9 Å². The van der Waals surface area contributed by atoms with Crippen molar-refractivity contribution in [3.8, 4) is 0 Å². The minimum Gasteiger partial charge on any atom is -0.324 e. The van der Waals surface area contributed by atoms with Gasteiger partial charge in [0, 0.05) is 23.8 Å². The average molecular weight is 350 g/mol. The maximum Gasteiger partial charge on any atom is 0.258 e. The third-order valence-corrected chi connectivity index (χ3v) is 3.97. The summed E-state index contributed by atoms with van der Waals surface area (Å²) < 4.78 is 13.2. The van der Waals surface area contributed by atoms with E-state index in [-0.39, 0.29) is 0 Å². The molecule has 3 rings (SSSR count). The van der Waals surface area contributed by atoms with E-state index in [1.807, 2.05) is 19.1 Å². The number of aromatic nitrogens is 2. The first-order valence-corrected chi connectivity index (χ1v) is 8.31. The second kappa shape index (κ2) is 7.74. The fraction of sp³-hybridized carbons (Fsp3) is 0.150. The average Bonchev–Trinajstić information content (AvgIpc) is 2.64. The number of rotatable bonds is 5. The molecule has 3 aromatic rings. The van der Waals surface area contributed by atoms with E-state index in [0.29, 0.717) is 17.2 Å². The lowest BCUT2D eigenvalue weighted by Gasteiger charge is -2.13. The highest BCUT2D eigenvalue weighted by Crippen LogP contribution is 2.23. The number of halogens is 1. The molecule has 0 fully saturated rings. The van der Waals surface area contributed by atoms with E-state index < -0.39 is 11.7 Å². The van der Waals surface area contributed by atoms with Gasteiger partial charge in [0.15, 0.2) is 0 Å². The monoisotopic (exact) mass is 350 g/mol. The third kappa shape index (κ3) is 4.03. The van der Waals surface area contributed by atoms with Gasteiger partial charge in [0.1, 0.15) is 5.82 Å². The molecule has 1 amide bonds. The Morgan fingerprint density at radius 3 is 2.54 bits per heavy atom. The Morgan fingerprint density at radius 1 is 1.12 bits per heavy atom. The van der Waals surface area contributed by atoms with Crippen LogP contribution in [0.2, 0.25) is 0 Å². The SMILES string of the molecule is CCc1cccc(C)c1Nc1ncc(C(=O)Nc2cccc(F)c2)cn1. The van der Waals surface area contributed by atoms with Crippen molar-refractivity contribution < 1.29 is 9.18 Å². The zero-order valence-electron chi connectivity index (χ0n) is 14.6. The maximum absolute atomic E-state index is 13.2. The van der Waals surface area contributed by atoms with Crippen molar-refractivity contribution in [2.75, 3.05) is 10.6 Å². The van der Waals surface area contributed by atoms with E-state index in [4.69, 9.17) is 0 Å².